The van der Waals surface area contributed by atoms with Crippen LogP contribution in [-0.4, -0.2) is 0 Å². The summed E-state index contributed by atoms with van der Waals surface area (Å²) >= 11 is 0. The molecule has 0 bridgehead atoms. The molecule has 0 nitrogen and oxygen atoms in total. The zero-order chi connectivity index (χ0) is 36.2. The van der Waals surface area contributed by atoms with Crippen LogP contribution < -0.4 is 0 Å². The summed E-state index contributed by atoms with van der Waals surface area (Å²) in [4.78, 5) is 0. The monoisotopic (exact) mass is 686 g/mol. The molecule has 254 valence electrons. The average molecular weight is 687 g/mol. The van der Waals surface area contributed by atoms with Crippen molar-refractivity contribution in [1.29, 1.82) is 0 Å². The number of hydrogen-bond acceptors (Lipinski definition) is 0. The third-order valence-electron chi connectivity index (χ3n) is 12.6. The first kappa shape index (κ1) is 31.1. The highest BCUT2D eigenvalue weighted by Gasteiger charge is 2.40. The molecule has 0 aliphatic heterocycles. The molecule has 0 heteroatoms. The van der Waals surface area contributed by atoms with Crippen molar-refractivity contribution >= 4 is 21.5 Å². The van der Waals surface area contributed by atoms with E-state index in [1.54, 1.807) is 0 Å². The summed E-state index contributed by atoms with van der Waals surface area (Å²) in [5, 5.41) is 5.43. The van der Waals surface area contributed by atoms with Crippen LogP contribution in [0, 0.1) is 27.7 Å². The average Bonchev–Trinajstić information content (AvgIpc) is 3.77. The smallest absolute Gasteiger partial charge is 0.000453 e. The van der Waals surface area contributed by atoms with Gasteiger partial charge in [0.05, 0.1) is 0 Å². The van der Waals surface area contributed by atoms with Crippen molar-refractivity contribution in [3.05, 3.63) is 180 Å². The molecule has 9 aromatic carbocycles. The third-order valence-corrected chi connectivity index (χ3v) is 12.6. The molecule has 2 aliphatic carbocycles. The second-order valence-electron chi connectivity index (χ2n) is 15.2. The van der Waals surface area contributed by atoms with Crippen LogP contribution in [0.25, 0.3) is 111 Å². The van der Waals surface area contributed by atoms with Gasteiger partial charge in [0.1, 0.15) is 0 Å². The molecule has 0 radical (unpaired) electrons. The van der Waals surface area contributed by atoms with E-state index < -0.39 is 0 Å². The van der Waals surface area contributed by atoms with Gasteiger partial charge in [0.25, 0.3) is 0 Å². The number of hydrogen-bond donors (Lipinski definition) is 0. The Morgan fingerprint density at radius 1 is 0.222 bits per heavy atom. The summed E-state index contributed by atoms with van der Waals surface area (Å²) in [7, 11) is 0. The highest BCUT2D eigenvalue weighted by atomic mass is 14.4. The Labute approximate surface area is 317 Å². The van der Waals surface area contributed by atoms with Gasteiger partial charge < -0.3 is 0 Å². The maximum Gasteiger partial charge on any atom is -0.000453 e. The van der Waals surface area contributed by atoms with E-state index in [0.29, 0.717) is 0 Å². The van der Waals surface area contributed by atoms with E-state index in [-0.39, 0.29) is 0 Å². The van der Waals surface area contributed by atoms with Gasteiger partial charge in [0.15, 0.2) is 0 Å². The van der Waals surface area contributed by atoms with Crippen molar-refractivity contribution in [1.82, 2.24) is 0 Å². The third kappa shape index (κ3) is 4.03. The summed E-state index contributed by atoms with van der Waals surface area (Å²) in [6.07, 6.45) is 0. The second kappa shape index (κ2) is 11.5. The Morgan fingerprint density at radius 2 is 0.500 bits per heavy atom. The first-order valence-corrected chi connectivity index (χ1v) is 19.1. The molecule has 11 rings (SSSR count). The fraction of sp³-hybridized carbons (Fsp3) is 0.0741. The van der Waals surface area contributed by atoms with Crippen LogP contribution in [0.4, 0.5) is 0 Å². The lowest BCUT2D eigenvalue weighted by Gasteiger charge is -2.22. The number of rotatable bonds is 4. The highest BCUT2D eigenvalue weighted by Crippen LogP contribution is 2.66. The van der Waals surface area contributed by atoms with E-state index in [4.69, 9.17) is 0 Å². The minimum absolute atomic E-state index is 1.26. The quantitative estimate of drug-likeness (QED) is 0.173. The molecule has 0 N–H and O–H groups in total. The van der Waals surface area contributed by atoms with Crippen LogP contribution in [-0.2, 0) is 0 Å². The lowest BCUT2D eigenvalue weighted by atomic mass is 9.80. The van der Waals surface area contributed by atoms with Gasteiger partial charge >= 0.3 is 0 Å². The fourth-order valence-corrected chi connectivity index (χ4v) is 10.1. The Balaban J connectivity index is 1.39. The molecule has 9 aromatic rings. The zero-order valence-electron chi connectivity index (χ0n) is 31.0. The predicted molar refractivity (Wildman–Crippen MR) is 231 cm³/mol. The van der Waals surface area contributed by atoms with Gasteiger partial charge in [-0.1, -0.05) is 158 Å². The Hall–Kier alpha value is -6.50. The molecule has 0 aromatic heterocycles. The van der Waals surface area contributed by atoms with Crippen LogP contribution in [0.15, 0.2) is 158 Å². The lowest BCUT2D eigenvalue weighted by Crippen LogP contribution is -1.96. The van der Waals surface area contributed by atoms with E-state index in [9.17, 15) is 0 Å². The van der Waals surface area contributed by atoms with E-state index in [1.165, 1.54) is 133 Å². The minimum Gasteiger partial charge on any atom is -0.0622 e. The molecule has 54 heavy (non-hydrogen) atoms. The van der Waals surface area contributed by atoms with Gasteiger partial charge in [-0.3, -0.25) is 0 Å². The Kier molecular flexibility index (Phi) is 6.61. The molecule has 0 atom stereocenters. The summed E-state index contributed by atoms with van der Waals surface area (Å²) in [6, 6.07) is 58.1. The van der Waals surface area contributed by atoms with Crippen molar-refractivity contribution in [2.45, 2.75) is 27.7 Å². The van der Waals surface area contributed by atoms with Crippen LogP contribution in [0.5, 0.6) is 0 Å². The summed E-state index contributed by atoms with van der Waals surface area (Å²) in [5.74, 6) is 0. The molecule has 0 amide bonds. The number of benzene rings is 9. The largest absolute Gasteiger partial charge is 0.0622 e. The Bertz CT molecular complexity index is 2820. The molecular weight excluding hydrogens is 649 g/mol. The molecule has 0 saturated carbocycles. The minimum atomic E-state index is 1.26. The van der Waals surface area contributed by atoms with Gasteiger partial charge in [-0.2, -0.15) is 0 Å². The molecule has 0 fully saturated rings. The molecule has 0 heterocycles. The normalized spacial score (nSPS) is 12.1. The maximum atomic E-state index is 2.39. The summed E-state index contributed by atoms with van der Waals surface area (Å²) in [6.45, 7) is 9.55. The Morgan fingerprint density at radius 3 is 0.833 bits per heavy atom. The molecule has 0 saturated heterocycles. The molecule has 0 spiro atoms. The SMILES string of the molecule is Cc1c(C)c2c3c(c(C)c(C)c4c3c1-c1c(-c3ccccc3)ccc(-c3ccccc3)c1-4)-c1c-2c(-c2ccccc2)c2ccccc2c1-c1ccccc1. The highest BCUT2D eigenvalue weighted by molar-refractivity contribution is 6.35. The van der Waals surface area contributed by atoms with E-state index in [2.05, 4.69) is 185 Å². The van der Waals surface area contributed by atoms with E-state index in [1.807, 2.05) is 0 Å². The van der Waals surface area contributed by atoms with Crippen LogP contribution in [0.1, 0.15) is 22.3 Å². The van der Waals surface area contributed by atoms with Gasteiger partial charge in [-0.25, -0.2) is 0 Å². The zero-order valence-corrected chi connectivity index (χ0v) is 31.0. The van der Waals surface area contributed by atoms with Crippen molar-refractivity contribution in [3.63, 3.8) is 0 Å². The molecule has 0 unspecified atom stereocenters. The van der Waals surface area contributed by atoms with Gasteiger partial charge in [-0.15, -0.1) is 0 Å². The standard InChI is InChI=1S/C54H38/c1-31-33(3)45-52-46(54-48(38-25-15-8-16-26-38)42-28-18-17-27-41(42)47(53(45)54)37-23-13-7-14-24-37)34(4)32(2)44-50-40(36-21-11-6-12-22-36)30-29-39(35-19-9-5-10-20-35)49(50)43(31)51(44)52/h5-30H,1-4H3. The van der Waals surface area contributed by atoms with Crippen molar-refractivity contribution in [2.75, 3.05) is 0 Å². The summed E-state index contributed by atoms with van der Waals surface area (Å²) < 4.78 is 0. The van der Waals surface area contributed by atoms with Gasteiger partial charge in [0.2, 0.25) is 0 Å². The topological polar surface area (TPSA) is 0 Å². The van der Waals surface area contributed by atoms with E-state index in [0.717, 1.165) is 0 Å². The van der Waals surface area contributed by atoms with Gasteiger partial charge in [0, 0.05) is 0 Å². The molecule has 2 aliphatic rings. The van der Waals surface area contributed by atoms with Crippen molar-refractivity contribution < 1.29 is 0 Å². The summed E-state index contributed by atoms with van der Waals surface area (Å²) in [5.41, 5.74) is 26.9. The van der Waals surface area contributed by atoms with Crippen LogP contribution in [0.3, 0.4) is 0 Å². The maximum absolute atomic E-state index is 2.39. The first-order valence-electron chi connectivity index (χ1n) is 19.1. The van der Waals surface area contributed by atoms with Crippen molar-refractivity contribution in [2.24, 2.45) is 0 Å². The van der Waals surface area contributed by atoms with Crippen LogP contribution >= 0.6 is 0 Å². The van der Waals surface area contributed by atoms with Crippen LogP contribution in [0.2, 0.25) is 0 Å². The second-order valence-corrected chi connectivity index (χ2v) is 15.2. The fourth-order valence-electron chi connectivity index (χ4n) is 10.1. The predicted octanol–water partition coefficient (Wildman–Crippen LogP) is 15.2. The first-order chi connectivity index (χ1) is 26.5. The number of fused-ring (bicyclic) bond motifs is 7. The van der Waals surface area contributed by atoms with E-state index >= 15 is 0 Å². The lowest BCUT2D eigenvalue weighted by molar-refractivity contribution is 1.36. The molecular formula is C54H38. The van der Waals surface area contributed by atoms with Crippen molar-refractivity contribution in [3.8, 4) is 89.0 Å². The van der Waals surface area contributed by atoms with Gasteiger partial charge in [-0.05, 0) is 161 Å².